The summed E-state index contributed by atoms with van der Waals surface area (Å²) >= 11 is 5.77. The number of amides is 1. The summed E-state index contributed by atoms with van der Waals surface area (Å²) < 4.78 is 20.9. The van der Waals surface area contributed by atoms with E-state index in [1.54, 1.807) is 36.4 Å². The summed E-state index contributed by atoms with van der Waals surface area (Å²) in [6.07, 6.45) is -0.944. The SMILES string of the molecule is C[C@H](OC(=O)COc1ccc(Cl)cc1)C(=O)NCc1ccc2c(c1)OCO2. The maximum absolute atomic E-state index is 12.1. The molecule has 142 valence electrons. The summed E-state index contributed by atoms with van der Waals surface area (Å²) in [6.45, 7) is 1.66. The van der Waals surface area contributed by atoms with Gasteiger partial charge in [-0.1, -0.05) is 17.7 Å². The van der Waals surface area contributed by atoms with Gasteiger partial charge in [-0.25, -0.2) is 4.79 Å². The van der Waals surface area contributed by atoms with Gasteiger partial charge >= 0.3 is 5.97 Å². The lowest BCUT2D eigenvalue weighted by molar-refractivity contribution is -0.156. The minimum atomic E-state index is -0.944. The van der Waals surface area contributed by atoms with Crippen molar-refractivity contribution in [2.45, 2.75) is 19.6 Å². The molecule has 1 amide bonds. The maximum Gasteiger partial charge on any atom is 0.344 e. The molecule has 2 aromatic rings. The van der Waals surface area contributed by atoms with E-state index in [4.69, 9.17) is 30.5 Å². The first-order valence-electron chi connectivity index (χ1n) is 8.25. The van der Waals surface area contributed by atoms with Crippen LogP contribution in [0, 0.1) is 0 Å². The predicted molar refractivity (Wildman–Crippen MR) is 96.9 cm³/mol. The highest BCUT2D eigenvalue weighted by atomic mass is 35.5. The molecule has 0 aromatic heterocycles. The molecule has 7 nitrogen and oxygen atoms in total. The average molecular weight is 392 g/mol. The molecule has 2 aromatic carbocycles. The summed E-state index contributed by atoms with van der Waals surface area (Å²) in [5.74, 6) is 0.744. The van der Waals surface area contributed by atoms with Crippen molar-refractivity contribution in [2.24, 2.45) is 0 Å². The Hall–Kier alpha value is -2.93. The Bertz CT molecular complexity index is 823. The van der Waals surface area contributed by atoms with Crippen molar-refractivity contribution in [3.8, 4) is 17.2 Å². The first-order chi connectivity index (χ1) is 13.0. The molecule has 1 aliphatic rings. The third-order valence-corrected chi connectivity index (χ3v) is 4.00. The van der Waals surface area contributed by atoms with E-state index >= 15 is 0 Å². The van der Waals surface area contributed by atoms with Gasteiger partial charge in [0.05, 0.1) is 0 Å². The van der Waals surface area contributed by atoms with Crippen LogP contribution in [0.4, 0.5) is 0 Å². The fraction of sp³-hybridized carbons (Fsp3) is 0.263. The topological polar surface area (TPSA) is 83.1 Å². The predicted octanol–water partition coefficient (Wildman–Crippen LogP) is 2.70. The molecular weight excluding hydrogens is 374 g/mol. The number of hydrogen-bond acceptors (Lipinski definition) is 6. The summed E-state index contributed by atoms with van der Waals surface area (Å²) in [6, 6.07) is 12.0. The maximum atomic E-state index is 12.1. The standard InChI is InChI=1S/C19H18ClNO6/c1-12(27-18(22)10-24-15-5-3-14(20)4-6-15)19(23)21-9-13-2-7-16-17(8-13)26-11-25-16/h2-8,12H,9-11H2,1H3,(H,21,23)/t12-/m0/s1. The van der Waals surface area contributed by atoms with Crippen LogP contribution in [0.5, 0.6) is 17.2 Å². The van der Waals surface area contributed by atoms with Crippen LogP contribution >= 0.6 is 11.6 Å². The number of halogens is 1. The number of carbonyl (C=O) groups excluding carboxylic acids is 2. The molecule has 0 radical (unpaired) electrons. The normalized spacial score (nSPS) is 13.0. The molecule has 0 saturated heterocycles. The molecule has 1 atom stereocenters. The number of carbonyl (C=O) groups is 2. The zero-order valence-corrected chi connectivity index (χ0v) is 15.3. The van der Waals surface area contributed by atoms with Crippen LogP contribution in [0.25, 0.3) is 0 Å². The largest absolute Gasteiger partial charge is 0.482 e. The highest BCUT2D eigenvalue weighted by molar-refractivity contribution is 6.30. The Balaban J connectivity index is 1.41. The van der Waals surface area contributed by atoms with Crippen molar-refractivity contribution < 1.29 is 28.5 Å². The lowest BCUT2D eigenvalue weighted by Crippen LogP contribution is -2.36. The molecule has 0 bridgehead atoms. The van der Waals surface area contributed by atoms with Gasteiger partial charge in [-0.05, 0) is 48.9 Å². The third kappa shape index (κ3) is 5.27. The average Bonchev–Trinajstić information content (AvgIpc) is 3.13. The van der Waals surface area contributed by atoms with Crippen LogP contribution in [-0.4, -0.2) is 31.4 Å². The van der Waals surface area contributed by atoms with Crippen LogP contribution in [-0.2, 0) is 20.9 Å². The van der Waals surface area contributed by atoms with E-state index in [9.17, 15) is 9.59 Å². The van der Waals surface area contributed by atoms with Crippen LogP contribution in [0.3, 0.4) is 0 Å². The fourth-order valence-corrected chi connectivity index (χ4v) is 2.47. The van der Waals surface area contributed by atoms with Crippen LogP contribution in [0.2, 0.25) is 5.02 Å². The Labute approximate surface area is 161 Å². The second-order valence-corrected chi connectivity index (χ2v) is 6.22. The van der Waals surface area contributed by atoms with E-state index < -0.39 is 18.0 Å². The van der Waals surface area contributed by atoms with Crippen molar-refractivity contribution in [1.82, 2.24) is 5.32 Å². The summed E-state index contributed by atoms with van der Waals surface area (Å²) in [7, 11) is 0. The van der Waals surface area contributed by atoms with Gasteiger partial charge in [-0.2, -0.15) is 0 Å². The Morgan fingerprint density at radius 1 is 1.15 bits per heavy atom. The number of ether oxygens (including phenoxy) is 4. The first-order valence-corrected chi connectivity index (χ1v) is 8.63. The summed E-state index contributed by atoms with van der Waals surface area (Å²) in [5.41, 5.74) is 0.845. The van der Waals surface area contributed by atoms with Crippen molar-refractivity contribution in [2.75, 3.05) is 13.4 Å². The highest BCUT2D eigenvalue weighted by Gasteiger charge is 2.19. The number of nitrogens with one attached hydrogen (secondary N) is 1. The molecule has 3 rings (SSSR count). The molecule has 0 aliphatic carbocycles. The molecule has 1 N–H and O–H groups in total. The Kier molecular flexibility index (Phi) is 6.03. The molecule has 0 fully saturated rings. The number of fused-ring (bicyclic) bond motifs is 1. The number of benzene rings is 2. The molecule has 1 heterocycles. The molecular formula is C19H18ClNO6. The van der Waals surface area contributed by atoms with Crippen LogP contribution in [0.1, 0.15) is 12.5 Å². The van der Waals surface area contributed by atoms with Gasteiger partial charge in [0.15, 0.2) is 24.2 Å². The van der Waals surface area contributed by atoms with Crippen LogP contribution < -0.4 is 19.5 Å². The van der Waals surface area contributed by atoms with Crippen LogP contribution in [0.15, 0.2) is 42.5 Å². The van der Waals surface area contributed by atoms with Crippen molar-refractivity contribution >= 4 is 23.5 Å². The van der Waals surface area contributed by atoms with Gasteiger partial charge in [-0.3, -0.25) is 4.79 Å². The van der Waals surface area contributed by atoms with E-state index in [2.05, 4.69) is 5.32 Å². The van der Waals surface area contributed by atoms with Crippen molar-refractivity contribution in [3.05, 3.63) is 53.1 Å². The lowest BCUT2D eigenvalue weighted by atomic mass is 10.2. The quantitative estimate of drug-likeness (QED) is 0.731. The van der Waals surface area contributed by atoms with E-state index in [-0.39, 0.29) is 19.9 Å². The van der Waals surface area contributed by atoms with Crippen molar-refractivity contribution in [3.63, 3.8) is 0 Å². The number of rotatable bonds is 7. The lowest BCUT2D eigenvalue weighted by Gasteiger charge is -2.14. The van der Waals surface area contributed by atoms with Gasteiger partial charge in [0.2, 0.25) is 6.79 Å². The van der Waals surface area contributed by atoms with Gasteiger partial charge < -0.3 is 24.3 Å². The third-order valence-electron chi connectivity index (χ3n) is 3.75. The first kappa shape index (κ1) is 18.8. The Morgan fingerprint density at radius 3 is 2.67 bits per heavy atom. The zero-order chi connectivity index (χ0) is 19.2. The smallest absolute Gasteiger partial charge is 0.344 e. The van der Waals surface area contributed by atoms with Gasteiger partial charge in [0, 0.05) is 11.6 Å². The monoisotopic (exact) mass is 391 g/mol. The minimum Gasteiger partial charge on any atom is -0.482 e. The van der Waals surface area contributed by atoms with Crippen molar-refractivity contribution in [1.29, 1.82) is 0 Å². The fourth-order valence-electron chi connectivity index (χ4n) is 2.34. The molecule has 8 heteroatoms. The summed E-state index contributed by atoms with van der Waals surface area (Å²) in [5, 5.41) is 3.27. The van der Waals surface area contributed by atoms with Gasteiger partial charge in [0.1, 0.15) is 5.75 Å². The Morgan fingerprint density at radius 2 is 1.89 bits per heavy atom. The molecule has 0 saturated carbocycles. The summed E-state index contributed by atoms with van der Waals surface area (Å²) in [4.78, 5) is 23.9. The number of esters is 1. The van der Waals surface area contributed by atoms with E-state index in [0.29, 0.717) is 22.3 Å². The highest BCUT2D eigenvalue weighted by Crippen LogP contribution is 2.32. The van der Waals surface area contributed by atoms with Gasteiger partial charge in [-0.15, -0.1) is 0 Å². The second-order valence-electron chi connectivity index (χ2n) is 5.78. The molecule has 27 heavy (non-hydrogen) atoms. The molecule has 1 aliphatic heterocycles. The van der Waals surface area contributed by atoms with E-state index in [1.165, 1.54) is 6.92 Å². The number of hydrogen-bond donors (Lipinski definition) is 1. The minimum absolute atomic E-state index is 0.191. The van der Waals surface area contributed by atoms with E-state index in [1.807, 2.05) is 6.07 Å². The van der Waals surface area contributed by atoms with Gasteiger partial charge in [0.25, 0.3) is 5.91 Å². The molecule has 0 unspecified atom stereocenters. The second kappa shape index (κ2) is 8.64. The zero-order valence-electron chi connectivity index (χ0n) is 14.6. The van der Waals surface area contributed by atoms with E-state index in [0.717, 1.165) is 5.56 Å². The molecule has 0 spiro atoms.